The van der Waals surface area contributed by atoms with Gasteiger partial charge in [0.25, 0.3) is 0 Å². The van der Waals surface area contributed by atoms with E-state index in [0.29, 0.717) is 5.05 Å². The number of rotatable bonds is 3. The van der Waals surface area contributed by atoms with Gasteiger partial charge in [-0.25, -0.2) is 0 Å². The largest absolute Gasteiger partial charge is 1.00 e. The van der Waals surface area contributed by atoms with Crippen LogP contribution in [0.3, 0.4) is 0 Å². The summed E-state index contributed by atoms with van der Waals surface area (Å²) < 4.78 is 6.05. The van der Waals surface area contributed by atoms with Gasteiger partial charge in [0.15, 0.2) is 5.05 Å². The lowest BCUT2D eigenvalue weighted by atomic mass is 10.5. The molecule has 68 valence electrons. The summed E-state index contributed by atoms with van der Waals surface area (Å²) in [7, 11) is 6.38. The minimum absolute atomic E-state index is 0. The smallest absolute Gasteiger partial charge is 0.156 e. The Morgan fingerprint density at radius 3 is 2.09 bits per heavy atom. The first-order chi connectivity index (χ1) is 4.42. The highest BCUT2D eigenvalue weighted by atomic mass is 127. The average molecular weight is 289 g/mol. The van der Waals surface area contributed by atoms with Crippen LogP contribution in [0, 0.1) is 0 Å². The van der Waals surface area contributed by atoms with Crippen molar-refractivity contribution in [3.05, 3.63) is 0 Å². The SMILES string of the molecule is CC(=S)OCC[N+](C)(C)C.[I-]. The lowest BCUT2D eigenvalue weighted by molar-refractivity contribution is -0.870. The normalized spacial score (nSPS) is 10.2. The molecular weight excluding hydrogens is 273 g/mol. The molecule has 0 unspecified atom stereocenters. The molecule has 0 aliphatic rings. The number of nitrogens with zero attached hydrogens (tertiary/aromatic N) is 1. The molecule has 0 heterocycles. The summed E-state index contributed by atoms with van der Waals surface area (Å²) in [6.07, 6.45) is 0. The first-order valence-electron chi connectivity index (χ1n) is 3.35. The average Bonchev–Trinajstić information content (AvgIpc) is 1.59. The number of hydrogen-bond donors (Lipinski definition) is 0. The molecule has 0 aliphatic carbocycles. The fourth-order valence-corrected chi connectivity index (χ4v) is 0.547. The molecule has 0 N–H and O–H groups in total. The summed E-state index contributed by atoms with van der Waals surface area (Å²) in [5.41, 5.74) is 0. The van der Waals surface area contributed by atoms with Gasteiger partial charge < -0.3 is 33.2 Å². The minimum Gasteiger partial charge on any atom is -1.00 e. The van der Waals surface area contributed by atoms with E-state index in [1.807, 2.05) is 0 Å². The molecule has 0 fully saturated rings. The van der Waals surface area contributed by atoms with Crippen LogP contribution < -0.4 is 24.0 Å². The predicted octanol–water partition coefficient (Wildman–Crippen LogP) is -1.94. The molecule has 0 spiro atoms. The van der Waals surface area contributed by atoms with Gasteiger partial charge in [-0.3, -0.25) is 0 Å². The van der Waals surface area contributed by atoms with Gasteiger partial charge in [-0.05, 0) is 12.2 Å². The molecule has 0 amide bonds. The van der Waals surface area contributed by atoms with Crippen molar-refractivity contribution >= 4 is 17.3 Å². The maximum atomic E-state index is 5.13. The Hall–Kier alpha value is 0.580. The van der Waals surface area contributed by atoms with E-state index in [-0.39, 0.29) is 24.0 Å². The lowest BCUT2D eigenvalue weighted by Gasteiger charge is -2.23. The monoisotopic (exact) mass is 289 g/mol. The number of likely N-dealkylation sites (N-methyl/N-ethyl adjacent to an activating group) is 1. The van der Waals surface area contributed by atoms with Gasteiger partial charge in [0.1, 0.15) is 13.2 Å². The van der Waals surface area contributed by atoms with E-state index in [4.69, 9.17) is 17.0 Å². The van der Waals surface area contributed by atoms with Crippen LogP contribution >= 0.6 is 12.2 Å². The first-order valence-corrected chi connectivity index (χ1v) is 3.76. The highest BCUT2D eigenvalue weighted by molar-refractivity contribution is 7.80. The predicted molar refractivity (Wildman–Crippen MR) is 47.1 cm³/mol. The summed E-state index contributed by atoms with van der Waals surface area (Å²) in [5.74, 6) is 0. The van der Waals surface area contributed by atoms with Crippen LogP contribution in [-0.2, 0) is 4.74 Å². The zero-order valence-corrected chi connectivity index (χ0v) is 10.5. The van der Waals surface area contributed by atoms with Crippen molar-refractivity contribution in [2.24, 2.45) is 0 Å². The third-order valence-corrected chi connectivity index (χ3v) is 1.19. The van der Waals surface area contributed by atoms with Crippen molar-refractivity contribution in [3.63, 3.8) is 0 Å². The highest BCUT2D eigenvalue weighted by Gasteiger charge is 2.05. The molecular formula is C7H16INOS. The summed E-state index contributed by atoms with van der Waals surface area (Å²) in [6.45, 7) is 3.51. The van der Waals surface area contributed by atoms with Crippen LogP contribution in [0.1, 0.15) is 6.92 Å². The molecule has 0 saturated carbocycles. The summed E-state index contributed by atoms with van der Waals surface area (Å²) in [5, 5.41) is 0.633. The minimum atomic E-state index is 0. The van der Waals surface area contributed by atoms with Gasteiger partial charge in [-0.15, -0.1) is 0 Å². The van der Waals surface area contributed by atoms with Gasteiger partial charge in [-0.2, -0.15) is 0 Å². The molecule has 11 heavy (non-hydrogen) atoms. The molecule has 0 atom stereocenters. The van der Waals surface area contributed by atoms with Gasteiger partial charge in [0, 0.05) is 6.92 Å². The van der Waals surface area contributed by atoms with Crippen LogP contribution in [0.25, 0.3) is 0 Å². The molecule has 0 bridgehead atoms. The Morgan fingerprint density at radius 1 is 1.36 bits per heavy atom. The van der Waals surface area contributed by atoms with Crippen LogP contribution in [-0.4, -0.2) is 43.8 Å². The van der Waals surface area contributed by atoms with E-state index in [1.165, 1.54) is 0 Å². The van der Waals surface area contributed by atoms with Crippen LogP contribution in [0.15, 0.2) is 0 Å². The van der Waals surface area contributed by atoms with E-state index in [0.717, 1.165) is 17.6 Å². The van der Waals surface area contributed by atoms with Gasteiger partial charge in [-0.1, -0.05) is 0 Å². The van der Waals surface area contributed by atoms with Crippen molar-refractivity contribution in [1.82, 2.24) is 0 Å². The van der Waals surface area contributed by atoms with E-state index >= 15 is 0 Å². The second-order valence-electron chi connectivity index (χ2n) is 3.35. The van der Waals surface area contributed by atoms with Crippen molar-refractivity contribution in [3.8, 4) is 0 Å². The number of thiocarbonyl (C=S) groups is 1. The quantitative estimate of drug-likeness (QED) is 0.340. The Balaban J connectivity index is 0. The lowest BCUT2D eigenvalue weighted by Crippen LogP contribution is -3.00. The number of halogens is 1. The molecule has 0 aromatic rings. The molecule has 0 aromatic carbocycles. The third-order valence-electron chi connectivity index (χ3n) is 1.07. The number of ether oxygens (including phenoxy) is 1. The molecule has 0 radical (unpaired) electrons. The zero-order chi connectivity index (χ0) is 8.20. The van der Waals surface area contributed by atoms with Crippen molar-refractivity contribution in [2.75, 3.05) is 34.3 Å². The topological polar surface area (TPSA) is 9.23 Å². The molecule has 0 saturated heterocycles. The molecule has 0 rings (SSSR count). The highest BCUT2D eigenvalue weighted by Crippen LogP contribution is 1.89. The van der Waals surface area contributed by atoms with E-state index < -0.39 is 0 Å². The van der Waals surface area contributed by atoms with Gasteiger partial charge in [0.05, 0.1) is 21.1 Å². The van der Waals surface area contributed by atoms with E-state index in [2.05, 4.69) is 21.1 Å². The Morgan fingerprint density at radius 2 is 1.82 bits per heavy atom. The van der Waals surface area contributed by atoms with E-state index in [9.17, 15) is 0 Å². The van der Waals surface area contributed by atoms with Crippen LogP contribution in [0.5, 0.6) is 0 Å². The van der Waals surface area contributed by atoms with Crippen molar-refractivity contribution < 1.29 is 33.2 Å². The van der Waals surface area contributed by atoms with Crippen molar-refractivity contribution in [1.29, 1.82) is 0 Å². The fourth-order valence-electron chi connectivity index (χ4n) is 0.463. The Bertz CT molecular complexity index is 122. The number of hydrogen-bond acceptors (Lipinski definition) is 2. The molecule has 4 heteroatoms. The number of quaternary nitrogens is 1. The second-order valence-corrected chi connectivity index (χ2v) is 3.93. The Labute approximate surface area is 91.5 Å². The second kappa shape index (κ2) is 6.14. The molecule has 0 aliphatic heterocycles. The van der Waals surface area contributed by atoms with Gasteiger partial charge >= 0.3 is 0 Å². The van der Waals surface area contributed by atoms with E-state index in [1.54, 1.807) is 6.92 Å². The Kier molecular flexibility index (Phi) is 7.88. The van der Waals surface area contributed by atoms with Gasteiger partial charge in [0.2, 0.25) is 0 Å². The first kappa shape index (κ1) is 14.1. The van der Waals surface area contributed by atoms with Crippen LogP contribution in [0.2, 0.25) is 0 Å². The third kappa shape index (κ3) is 13.6. The summed E-state index contributed by atoms with van der Waals surface area (Å²) >= 11 is 4.75. The summed E-state index contributed by atoms with van der Waals surface area (Å²) in [4.78, 5) is 0. The zero-order valence-electron chi connectivity index (χ0n) is 7.56. The molecule has 0 aromatic heterocycles. The fraction of sp³-hybridized carbons (Fsp3) is 0.857. The maximum absolute atomic E-state index is 5.13. The van der Waals surface area contributed by atoms with Crippen LogP contribution in [0.4, 0.5) is 0 Å². The maximum Gasteiger partial charge on any atom is 0.156 e. The summed E-state index contributed by atoms with van der Waals surface area (Å²) in [6, 6.07) is 0. The van der Waals surface area contributed by atoms with Crippen molar-refractivity contribution in [2.45, 2.75) is 6.92 Å². The molecule has 2 nitrogen and oxygen atoms in total. The standard InChI is InChI=1S/C7H16NOS.HI/c1-7(10)9-6-5-8(2,3)4;/h5-6H2,1-4H3;1H/q+1;/p-1.